The molecule has 0 aliphatic rings. The van der Waals surface area contributed by atoms with Gasteiger partial charge in [0, 0.05) is 11.1 Å². The third-order valence-corrected chi connectivity index (χ3v) is 1.78. The van der Waals surface area contributed by atoms with Gasteiger partial charge in [0.2, 0.25) is 5.91 Å². The molecule has 0 unspecified atom stereocenters. The normalized spacial score (nSPS) is 10.4. The van der Waals surface area contributed by atoms with Crippen LogP contribution in [0.4, 0.5) is 10.1 Å². The Labute approximate surface area is 95.3 Å². The van der Waals surface area contributed by atoms with Crippen LogP contribution in [0.2, 0.25) is 0 Å². The lowest BCUT2D eigenvalue weighted by molar-refractivity contribution is -0.123. The number of nitrogens with one attached hydrogen (secondary N) is 1. The molecule has 0 heterocycles. The van der Waals surface area contributed by atoms with E-state index in [-0.39, 0.29) is 24.1 Å². The summed E-state index contributed by atoms with van der Waals surface area (Å²) in [5.41, 5.74) is 0.181. The zero-order chi connectivity index (χ0) is 10.8. The van der Waals surface area contributed by atoms with Gasteiger partial charge >= 0.3 is 0 Å². The number of halogens is 2. The van der Waals surface area contributed by atoms with Crippen LogP contribution in [0.5, 0.6) is 0 Å². The molecule has 0 aliphatic carbocycles. The first kappa shape index (κ1) is 13.9. The molecule has 0 bridgehead atoms. The molecule has 15 heavy (non-hydrogen) atoms. The van der Waals surface area contributed by atoms with Crippen LogP contribution in [0.25, 0.3) is 0 Å². The van der Waals surface area contributed by atoms with E-state index < -0.39 is 5.41 Å². The van der Waals surface area contributed by atoms with Crippen molar-refractivity contribution in [3.63, 3.8) is 0 Å². The van der Waals surface area contributed by atoms with E-state index >= 15 is 0 Å². The quantitative estimate of drug-likeness (QED) is 0.790. The summed E-state index contributed by atoms with van der Waals surface area (Å²) in [6.07, 6.45) is 0. The highest BCUT2D eigenvalue weighted by atomic mass is 35.5. The second kappa shape index (κ2) is 5.12. The molecule has 0 saturated carbocycles. The van der Waals surface area contributed by atoms with Crippen LogP contribution in [-0.4, -0.2) is 5.91 Å². The largest absolute Gasteiger partial charge is 0.326 e. The number of hydrogen-bond donors (Lipinski definition) is 1. The Hall–Kier alpha value is -1.09. The minimum absolute atomic E-state index is 0. The summed E-state index contributed by atoms with van der Waals surface area (Å²) in [5, 5.41) is 2.70. The lowest BCUT2D eigenvalue weighted by atomic mass is 9.95. The molecular weight excluding hydrogens is 217 g/mol. The predicted molar refractivity (Wildman–Crippen MR) is 61.7 cm³/mol. The van der Waals surface area contributed by atoms with Crippen LogP contribution in [0.15, 0.2) is 24.3 Å². The van der Waals surface area contributed by atoms with Crippen LogP contribution in [0, 0.1) is 11.2 Å². The maximum atomic E-state index is 12.5. The van der Waals surface area contributed by atoms with E-state index in [4.69, 9.17) is 0 Å². The molecule has 1 N–H and O–H groups in total. The van der Waals surface area contributed by atoms with Crippen molar-refractivity contribution in [3.05, 3.63) is 30.1 Å². The van der Waals surface area contributed by atoms with Gasteiger partial charge in [-0.2, -0.15) is 0 Å². The van der Waals surface area contributed by atoms with Crippen LogP contribution in [-0.2, 0) is 4.79 Å². The highest BCUT2D eigenvalue weighted by Gasteiger charge is 2.20. The Bertz CT molecular complexity index is 329. The van der Waals surface area contributed by atoms with Gasteiger partial charge in [0.25, 0.3) is 0 Å². The molecule has 0 atom stereocenters. The van der Waals surface area contributed by atoms with Gasteiger partial charge in [-0.15, -0.1) is 12.4 Å². The molecule has 1 aromatic carbocycles. The van der Waals surface area contributed by atoms with Crippen LogP contribution in [0.3, 0.4) is 0 Å². The number of benzene rings is 1. The molecule has 0 radical (unpaired) electrons. The molecule has 0 aromatic heterocycles. The number of carbonyl (C=O) groups is 1. The number of rotatable bonds is 1. The Morgan fingerprint density at radius 3 is 2.07 bits per heavy atom. The van der Waals surface area contributed by atoms with Crippen molar-refractivity contribution in [3.8, 4) is 0 Å². The van der Waals surface area contributed by atoms with E-state index in [9.17, 15) is 9.18 Å². The Morgan fingerprint density at radius 1 is 1.20 bits per heavy atom. The van der Waals surface area contributed by atoms with Gasteiger partial charge in [-0.3, -0.25) is 4.79 Å². The van der Waals surface area contributed by atoms with E-state index in [1.165, 1.54) is 12.1 Å². The van der Waals surface area contributed by atoms with Gasteiger partial charge in [0.15, 0.2) is 0 Å². The molecule has 0 spiro atoms. The SMILES string of the molecule is CC(C)(C)C(=O)Nc1ccc(F)cc1.Cl. The summed E-state index contributed by atoms with van der Waals surface area (Å²) >= 11 is 0. The molecule has 4 heteroatoms. The Balaban J connectivity index is 0.00000196. The third-order valence-electron chi connectivity index (χ3n) is 1.78. The van der Waals surface area contributed by atoms with Crippen molar-refractivity contribution in [2.24, 2.45) is 5.41 Å². The molecule has 1 rings (SSSR count). The first-order valence-electron chi connectivity index (χ1n) is 4.46. The van der Waals surface area contributed by atoms with Gasteiger partial charge in [-0.05, 0) is 24.3 Å². The number of hydrogen-bond acceptors (Lipinski definition) is 1. The fraction of sp³-hybridized carbons (Fsp3) is 0.364. The van der Waals surface area contributed by atoms with E-state index in [1.54, 1.807) is 12.1 Å². The maximum Gasteiger partial charge on any atom is 0.229 e. The second-order valence-electron chi connectivity index (χ2n) is 4.21. The van der Waals surface area contributed by atoms with Gasteiger partial charge < -0.3 is 5.32 Å². The highest BCUT2D eigenvalue weighted by Crippen LogP contribution is 2.17. The lowest BCUT2D eigenvalue weighted by Crippen LogP contribution is -2.27. The Morgan fingerprint density at radius 2 is 1.67 bits per heavy atom. The van der Waals surface area contributed by atoms with Gasteiger partial charge in [0.05, 0.1) is 0 Å². The number of anilines is 1. The van der Waals surface area contributed by atoms with Gasteiger partial charge in [-0.25, -0.2) is 4.39 Å². The fourth-order valence-electron chi connectivity index (χ4n) is 0.852. The first-order valence-corrected chi connectivity index (χ1v) is 4.46. The molecule has 84 valence electrons. The molecule has 1 amide bonds. The molecule has 0 aliphatic heterocycles. The summed E-state index contributed by atoms with van der Waals surface area (Å²) in [7, 11) is 0. The van der Waals surface area contributed by atoms with Crippen LogP contribution in [0.1, 0.15) is 20.8 Å². The monoisotopic (exact) mass is 231 g/mol. The minimum Gasteiger partial charge on any atom is -0.326 e. The molecule has 1 aromatic rings. The standard InChI is InChI=1S/C11H14FNO.ClH/c1-11(2,3)10(14)13-9-6-4-8(12)5-7-9;/h4-7H,1-3H3,(H,13,14);1H. The zero-order valence-corrected chi connectivity index (χ0v) is 9.82. The summed E-state index contributed by atoms with van der Waals surface area (Å²) in [6, 6.07) is 5.72. The van der Waals surface area contributed by atoms with Crippen molar-refractivity contribution < 1.29 is 9.18 Å². The van der Waals surface area contributed by atoms with Gasteiger partial charge in [-0.1, -0.05) is 20.8 Å². The van der Waals surface area contributed by atoms with Crippen molar-refractivity contribution in [1.82, 2.24) is 0 Å². The first-order chi connectivity index (χ1) is 6.39. The van der Waals surface area contributed by atoms with Crippen molar-refractivity contribution in [2.75, 3.05) is 5.32 Å². The fourth-order valence-corrected chi connectivity index (χ4v) is 0.852. The van der Waals surface area contributed by atoms with E-state index in [2.05, 4.69) is 5.32 Å². The van der Waals surface area contributed by atoms with Crippen LogP contribution >= 0.6 is 12.4 Å². The van der Waals surface area contributed by atoms with E-state index in [0.717, 1.165) is 0 Å². The highest BCUT2D eigenvalue weighted by molar-refractivity contribution is 5.94. The summed E-state index contributed by atoms with van der Waals surface area (Å²) in [5.74, 6) is -0.386. The Kier molecular flexibility index (Phi) is 4.75. The molecule has 0 fully saturated rings. The molecular formula is C11H15ClFNO. The van der Waals surface area contributed by atoms with Gasteiger partial charge in [0.1, 0.15) is 5.82 Å². The zero-order valence-electron chi connectivity index (χ0n) is 9.00. The van der Waals surface area contributed by atoms with Crippen molar-refractivity contribution in [2.45, 2.75) is 20.8 Å². The average Bonchev–Trinajstić information content (AvgIpc) is 2.07. The van der Waals surface area contributed by atoms with E-state index in [1.807, 2.05) is 20.8 Å². The smallest absolute Gasteiger partial charge is 0.229 e. The summed E-state index contributed by atoms with van der Waals surface area (Å²) in [4.78, 5) is 11.5. The van der Waals surface area contributed by atoms with Crippen molar-refractivity contribution >= 4 is 24.0 Å². The number of carbonyl (C=O) groups excluding carboxylic acids is 1. The number of amides is 1. The second-order valence-corrected chi connectivity index (χ2v) is 4.21. The van der Waals surface area contributed by atoms with Crippen molar-refractivity contribution in [1.29, 1.82) is 0 Å². The summed E-state index contributed by atoms with van der Waals surface area (Å²) < 4.78 is 12.5. The predicted octanol–water partition coefficient (Wildman–Crippen LogP) is 3.23. The molecule has 2 nitrogen and oxygen atoms in total. The topological polar surface area (TPSA) is 29.1 Å². The summed E-state index contributed by atoms with van der Waals surface area (Å²) in [6.45, 7) is 5.48. The van der Waals surface area contributed by atoms with E-state index in [0.29, 0.717) is 5.69 Å². The lowest BCUT2D eigenvalue weighted by Gasteiger charge is -2.17. The molecule has 0 saturated heterocycles. The third kappa shape index (κ3) is 4.30. The average molecular weight is 232 g/mol. The van der Waals surface area contributed by atoms with Crippen LogP contribution < -0.4 is 5.32 Å². The minimum atomic E-state index is -0.436. The maximum absolute atomic E-state index is 12.5.